The third-order valence-electron chi connectivity index (χ3n) is 7.71. The lowest BCUT2D eigenvalue weighted by Crippen LogP contribution is -3.12. The number of hydrogen-bond acceptors (Lipinski definition) is 10. The summed E-state index contributed by atoms with van der Waals surface area (Å²) in [4.78, 5) is 47.3. The summed E-state index contributed by atoms with van der Waals surface area (Å²) >= 11 is 1.17. The van der Waals surface area contributed by atoms with Crippen molar-refractivity contribution in [2.45, 2.75) is 19.9 Å². The Morgan fingerprint density at radius 2 is 1.88 bits per heavy atom. The van der Waals surface area contributed by atoms with Gasteiger partial charge in [0, 0.05) is 23.4 Å². The van der Waals surface area contributed by atoms with Crippen LogP contribution < -0.4 is 34.2 Å². The summed E-state index contributed by atoms with van der Waals surface area (Å²) in [6.07, 6.45) is 1.69. The summed E-state index contributed by atoms with van der Waals surface area (Å²) in [5.41, 5.74) is 2.24. The zero-order valence-electron chi connectivity index (χ0n) is 24.7. The zero-order chi connectivity index (χ0) is 30.8. The molecular formula is C30H34N5O7S+. The molecule has 3 aromatic rings. The van der Waals surface area contributed by atoms with E-state index in [9.17, 15) is 19.7 Å². The molecule has 2 aliphatic heterocycles. The lowest BCUT2D eigenvalue weighted by molar-refractivity contribution is -0.880. The van der Waals surface area contributed by atoms with Gasteiger partial charge in [0.1, 0.15) is 0 Å². The number of carbonyl (C=O) groups is 1. The van der Waals surface area contributed by atoms with Gasteiger partial charge in [0.05, 0.1) is 80.8 Å². The van der Waals surface area contributed by atoms with Crippen molar-refractivity contribution in [3.05, 3.63) is 88.6 Å². The number of non-ortho nitro benzene ring substituents is 1. The van der Waals surface area contributed by atoms with E-state index in [4.69, 9.17) is 14.2 Å². The molecule has 0 aliphatic carbocycles. The predicted octanol–water partition coefficient (Wildman–Crippen LogP) is 1.06. The Morgan fingerprint density at radius 1 is 1.16 bits per heavy atom. The summed E-state index contributed by atoms with van der Waals surface area (Å²) in [5, 5.41) is 11.7. The van der Waals surface area contributed by atoms with Gasteiger partial charge in [0.2, 0.25) is 0 Å². The number of esters is 1. The molecule has 0 saturated carbocycles. The first-order chi connectivity index (χ1) is 20.7. The molecule has 0 bridgehead atoms. The van der Waals surface area contributed by atoms with Crippen molar-refractivity contribution in [2.24, 2.45) is 4.99 Å². The first-order valence-electron chi connectivity index (χ1n) is 13.9. The first kappa shape index (κ1) is 30.0. The summed E-state index contributed by atoms with van der Waals surface area (Å²) in [7, 11) is 5.18. The number of quaternary nitrogens is 1. The van der Waals surface area contributed by atoms with E-state index < -0.39 is 16.9 Å². The molecular weight excluding hydrogens is 574 g/mol. The number of aromatic nitrogens is 1. The van der Waals surface area contributed by atoms with Gasteiger partial charge < -0.3 is 24.0 Å². The molecule has 0 unspecified atom stereocenters. The van der Waals surface area contributed by atoms with Crippen LogP contribution in [0.5, 0.6) is 11.5 Å². The lowest BCUT2D eigenvalue weighted by Gasteiger charge is -2.32. The van der Waals surface area contributed by atoms with Crippen molar-refractivity contribution in [3.8, 4) is 11.5 Å². The van der Waals surface area contributed by atoms with Crippen LogP contribution in [0.4, 0.5) is 11.4 Å². The molecule has 3 heterocycles. The van der Waals surface area contributed by atoms with Crippen LogP contribution in [-0.2, 0) is 9.53 Å². The quantitative estimate of drug-likeness (QED) is 0.228. The predicted molar refractivity (Wildman–Crippen MR) is 162 cm³/mol. The number of ether oxygens (including phenoxy) is 3. The number of anilines is 1. The Morgan fingerprint density at radius 3 is 2.53 bits per heavy atom. The molecule has 0 amide bonds. The smallest absolute Gasteiger partial charge is 0.338 e. The first-order valence-corrected chi connectivity index (χ1v) is 14.7. The van der Waals surface area contributed by atoms with Gasteiger partial charge in [-0.1, -0.05) is 17.4 Å². The number of carbonyl (C=O) groups excluding carboxylic acids is 1. The van der Waals surface area contributed by atoms with Crippen LogP contribution in [0.3, 0.4) is 0 Å². The minimum absolute atomic E-state index is 0.0637. The van der Waals surface area contributed by atoms with E-state index in [0.717, 1.165) is 31.9 Å². The molecule has 2 aliphatic rings. The monoisotopic (exact) mass is 608 g/mol. The molecule has 5 rings (SSSR count). The fourth-order valence-electron chi connectivity index (χ4n) is 5.46. The van der Waals surface area contributed by atoms with Gasteiger partial charge in [-0.25, -0.2) is 9.79 Å². The van der Waals surface area contributed by atoms with E-state index in [1.165, 1.54) is 47.2 Å². The van der Waals surface area contributed by atoms with Gasteiger partial charge in [0.15, 0.2) is 16.3 Å². The van der Waals surface area contributed by atoms with Crippen molar-refractivity contribution in [1.29, 1.82) is 0 Å². The number of thiazole rings is 1. The molecule has 13 heteroatoms. The van der Waals surface area contributed by atoms with E-state index in [2.05, 4.69) is 16.9 Å². The third kappa shape index (κ3) is 5.77. The number of hydrogen-bond donors (Lipinski definition) is 1. The molecule has 1 atom stereocenters. The number of piperazine rings is 1. The number of fused-ring (bicyclic) bond motifs is 1. The fourth-order valence-corrected chi connectivity index (χ4v) is 6.50. The Kier molecular flexibility index (Phi) is 8.64. The highest BCUT2D eigenvalue weighted by Gasteiger charge is 2.34. The number of methoxy groups -OCH3 is 2. The number of nitro benzene ring substituents is 1. The average molecular weight is 609 g/mol. The maximum absolute atomic E-state index is 14.2. The maximum Gasteiger partial charge on any atom is 0.338 e. The minimum Gasteiger partial charge on any atom is -0.493 e. The number of rotatable bonds is 8. The van der Waals surface area contributed by atoms with Gasteiger partial charge in [-0.05, 0) is 43.7 Å². The summed E-state index contributed by atoms with van der Waals surface area (Å²) < 4.78 is 18.1. The Balaban J connectivity index is 1.72. The van der Waals surface area contributed by atoms with Gasteiger partial charge >= 0.3 is 5.97 Å². The van der Waals surface area contributed by atoms with Crippen LogP contribution in [0.2, 0.25) is 0 Å². The van der Waals surface area contributed by atoms with Crippen LogP contribution in [0.15, 0.2) is 57.5 Å². The number of nitrogens with one attached hydrogen (secondary N) is 1. The third-order valence-corrected chi connectivity index (χ3v) is 8.69. The molecule has 0 spiro atoms. The van der Waals surface area contributed by atoms with E-state index >= 15 is 0 Å². The van der Waals surface area contributed by atoms with Crippen LogP contribution in [0, 0.1) is 10.1 Å². The van der Waals surface area contributed by atoms with Crippen LogP contribution in [0.25, 0.3) is 6.08 Å². The molecule has 2 aromatic carbocycles. The van der Waals surface area contributed by atoms with Crippen molar-refractivity contribution in [3.63, 3.8) is 0 Å². The Hall–Kier alpha value is -4.49. The van der Waals surface area contributed by atoms with E-state index in [-0.39, 0.29) is 23.4 Å². The van der Waals surface area contributed by atoms with Crippen LogP contribution in [-0.4, -0.2) is 69.5 Å². The summed E-state index contributed by atoms with van der Waals surface area (Å²) in [6, 6.07) is 9.11. The Bertz CT molecular complexity index is 1790. The van der Waals surface area contributed by atoms with Gasteiger partial charge in [0.25, 0.3) is 11.2 Å². The second-order valence-corrected chi connectivity index (χ2v) is 11.4. The molecule has 12 nitrogen and oxygen atoms in total. The molecule has 1 saturated heterocycles. The average Bonchev–Trinajstić information content (AvgIpc) is 3.30. The largest absolute Gasteiger partial charge is 0.493 e. The van der Waals surface area contributed by atoms with Crippen molar-refractivity contribution in [2.75, 3.05) is 59.0 Å². The SMILES string of the molecule is CCOC(=O)C1=C(C)N=c2s/c(=C/c3cc([N+](=O)[O-])ccc3N3CC[NH+](C)CC3)c(=O)n2[C@@H]1c1ccc(OC)c(OC)c1. The van der Waals surface area contributed by atoms with Crippen LogP contribution >= 0.6 is 11.3 Å². The maximum atomic E-state index is 14.2. The normalized spacial score (nSPS) is 17.4. The number of nitro groups is 1. The van der Waals surface area contributed by atoms with E-state index in [1.54, 1.807) is 44.2 Å². The van der Waals surface area contributed by atoms with Crippen LogP contribution in [0.1, 0.15) is 31.0 Å². The van der Waals surface area contributed by atoms with E-state index in [1.807, 2.05) is 0 Å². The molecule has 1 aromatic heterocycles. The molecule has 1 N–H and O–H groups in total. The second-order valence-electron chi connectivity index (χ2n) is 10.4. The van der Waals surface area contributed by atoms with Gasteiger partial charge in [-0.2, -0.15) is 0 Å². The number of benzene rings is 2. The van der Waals surface area contributed by atoms with E-state index in [0.29, 0.717) is 37.7 Å². The fraction of sp³-hybridized carbons (Fsp3) is 0.367. The number of likely N-dealkylation sites (N-methyl/N-ethyl adjacent to an activating group) is 1. The number of nitrogens with zero attached hydrogens (tertiary/aromatic N) is 4. The highest BCUT2D eigenvalue weighted by molar-refractivity contribution is 7.07. The zero-order valence-corrected chi connectivity index (χ0v) is 25.5. The Labute approximate surface area is 251 Å². The van der Waals surface area contributed by atoms with Crippen molar-refractivity contribution >= 4 is 34.8 Å². The highest BCUT2D eigenvalue weighted by atomic mass is 32.1. The molecule has 226 valence electrons. The molecule has 1 fully saturated rings. The van der Waals surface area contributed by atoms with Gasteiger partial charge in [-0.3, -0.25) is 19.5 Å². The number of allylic oxidation sites excluding steroid dienone is 1. The highest BCUT2D eigenvalue weighted by Crippen LogP contribution is 2.36. The molecule has 0 radical (unpaired) electrons. The standard InChI is InChI=1S/C30H33N5O7S/c1-6-42-29(37)26-18(2)31-30-34(27(26)19-7-10-23(40-4)24(16-19)41-5)28(36)25(43-30)17-20-15-21(35(38)39)8-9-22(20)33-13-11-32(3)12-14-33/h7-10,15-17,27H,6,11-14H2,1-5H3/p+1/b25-17+/t27-/m1/s1. The molecule has 43 heavy (non-hydrogen) atoms. The van der Waals surface area contributed by atoms with Crippen molar-refractivity contribution in [1.82, 2.24) is 4.57 Å². The summed E-state index contributed by atoms with van der Waals surface area (Å²) in [5.74, 6) is 0.368. The lowest BCUT2D eigenvalue weighted by atomic mass is 9.95. The minimum atomic E-state index is -0.845. The van der Waals surface area contributed by atoms with Crippen molar-refractivity contribution < 1.29 is 28.8 Å². The topological polar surface area (TPSA) is 130 Å². The van der Waals surface area contributed by atoms with Gasteiger partial charge in [-0.15, -0.1) is 0 Å². The summed E-state index contributed by atoms with van der Waals surface area (Å²) in [6.45, 7) is 7.01. The second kappa shape index (κ2) is 12.4.